The maximum atomic E-state index is 7.84. The summed E-state index contributed by atoms with van der Waals surface area (Å²) in [5, 5.41) is 12.3. The second-order valence-electron chi connectivity index (χ2n) is 7.07. The fourth-order valence-electron chi connectivity index (χ4n) is 3.53. The number of nitrogens with zero attached hydrogens (tertiary/aromatic N) is 8. The summed E-state index contributed by atoms with van der Waals surface area (Å²) in [7, 11) is 0. The molecule has 0 bridgehead atoms. The molecule has 1 aliphatic rings. The van der Waals surface area contributed by atoms with E-state index in [1.165, 1.54) is 4.52 Å². The molecular formula is C19H20N10. The van der Waals surface area contributed by atoms with E-state index < -0.39 is 0 Å². The Labute approximate surface area is 166 Å². The fourth-order valence-corrected chi connectivity index (χ4v) is 3.53. The largest absolute Gasteiger partial charge is 0.368 e. The Morgan fingerprint density at radius 2 is 2.03 bits per heavy atom. The molecule has 29 heavy (non-hydrogen) atoms. The van der Waals surface area contributed by atoms with Crippen molar-refractivity contribution in [1.29, 1.82) is 5.41 Å². The number of nitrogens with two attached hydrogens (primary N) is 1. The number of anilines is 1. The number of nitrogen functional groups attached to an aromatic ring is 1. The number of piperidine rings is 1. The van der Waals surface area contributed by atoms with E-state index in [4.69, 9.17) is 11.1 Å². The zero-order chi connectivity index (χ0) is 20.0. The van der Waals surface area contributed by atoms with Crippen LogP contribution in [-0.4, -0.2) is 64.4 Å². The van der Waals surface area contributed by atoms with Crippen LogP contribution in [0.25, 0.3) is 28.3 Å². The number of nitrogens with one attached hydrogen (secondary N) is 1. The van der Waals surface area contributed by atoms with E-state index in [2.05, 4.69) is 36.5 Å². The van der Waals surface area contributed by atoms with Crippen molar-refractivity contribution in [3.8, 4) is 11.5 Å². The third-order valence-corrected chi connectivity index (χ3v) is 5.14. The highest BCUT2D eigenvalue weighted by Gasteiger charge is 2.19. The molecule has 146 valence electrons. The van der Waals surface area contributed by atoms with Crippen LogP contribution >= 0.6 is 0 Å². The summed E-state index contributed by atoms with van der Waals surface area (Å²) in [6, 6.07) is 5.58. The zero-order valence-electron chi connectivity index (χ0n) is 15.8. The second kappa shape index (κ2) is 6.74. The number of likely N-dealkylation sites (tertiary alicyclic amines) is 1. The molecular weight excluding hydrogens is 368 g/mol. The summed E-state index contributed by atoms with van der Waals surface area (Å²) >= 11 is 0. The van der Waals surface area contributed by atoms with Crippen LogP contribution in [-0.2, 0) is 6.54 Å². The standard InChI is InChI=1S/C19H20N10/c1-12-10-27(7-5-13(12)20)8-9-28-11-23-15-17(28)25-19(21)29-18(15)24-16(26-29)14-4-2-3-6-22-14/h2-4,6,11,20H,1,5,7-10H2,(H2,21,25). The number of fused-ring (bicyclic) bond motifs is 3. The Bertz CT molecular complexity index is 1240. The zero-order valence-corrected chi connectivity index (χ0v) is 15.8. The van der Waals surface area contributed by atoms with E-state index in [0.29, 0.717) is 40.6 Å². The quantitative estimate of drug-likeness (QED) is 0.541. The van der Waals surface area contributed by atoms with Crippen molar-refractivity contribution in [2.75, 3.05) is 25.4 Å². The van der Waals surface area contributed by atoms with Gasteiger partial charge in [0.2, 0.25) is 11.8 Å². The van der Waals surface area contributed by atoms with Gasteiger partial charge >= 0.3 is 0 Å². The van der Waals surface area contributed by atoms with Gasteiger partial charge in [0.05, 0.1) is 6.33 Å². The topological polar surface area (TPSA) is 127 Å². The number of hydrogen-bond donors (Lipinski definition) is 2. The van der Waals surface area contributed by atoms with Gasteiger partial charge in [0.15, 0.2) is 16.8 Å². The normalized spacial score (nSPS) is 15.6. The Balaban J connectivity index is 1.47. The third kappa shape index (κ3) is 3.03. The van der Waals surface area contributed by atoms with Gasteiger partial charge in [0, 0.05) is 44.5 Å². The highest BCUT2D eigenvalue weighted by Crippen LogP contribution is 2.21. The van der Waals surface area contributed by atoms with Crippen LogP contribution in [0.2, 0.25) is 0 Å². The van der Waals surface area contributed by atoms with Crippen molar-refractivity contribution in [2.24, 2.45) is 0 Å². The fraction of sp³-hybridized carbons (Fsp3) is 0.263. The molecule has 0 spiro atoms. The summed E-state index contributed by atoms with van der Waals surface area (Å²) in [4.78, 5) is 20.2. The lowest BCUT2D eigenvalue weighted by molar-refractivity contribution is 0.286. The van der Waals surface area contributed by atoms with Crippen molar-refractivity contribution in [2.45, 2.75) is 13.0 Å². The average Bonchev–Trinajstić information content (AvgIpc) is 3.34. The average molecular weight is 388 g/mol. The molecule has 0 radical (unpaired) electrons. The predicted molar refractivity (Wildman–Crippen MR) is 110 cm³/mol. The van der Waals surface area contributed by atoms with E-state index in [1.54, 1.807) is 12.5 Å². The van der Waals surface area contributed by atoms with E-state index in [-0.39, 0.29) is 5.95 Å². The number of rotatable bonds is 4. The minimum absolute atomic E-state index is 0.253. The molecule has 5 heterocycles. The molecule has 0 amide bonds. The van der Waals surface area contributed by atoms with Gasteiger partial charge in [-0.1, -0.05) is 12.6 Å². The highest BCUT2D eigenvalue weighted by atomic mass is 15.4. The van der Waals surface area contributed by atoms with Gasteiger partial charge in [0.25, 0.3) is 0 Å². The smallest absolute Gasteiger partial charge is 0.225 e. The predicted octanol–water partition coefficient (Wildman–Crippen LogP) is 1.40. The van der Waals surface area contributed by atoms with Crippen LogP contribution in [0.3, 0.4) is 0 Å². The van der Waals surface area contributed by atoms with Crippen LogP contribution in [0, 0.1) is 5.41 Å². The van der Waals surface area contributed by atoms with E-state index >= 15 is 0 Å². The minimum atomic E-state index is 0.253. The lowest BCUT2D eigenvalue weighted by atomic mass is 10.0. The van der Waals surface area contributed by atoms with Crippen molar-refractivity contribution < 1.29 is 0 Å². The maximum Gasteiger partial charge on any atom is 0.225 e. The number of aromatic nitrogens is 7. The minimum Gasteiger partial charge on any atom is -0.368 e. The first kappa shape index (κ1) is 17.4. The van der Waals surface area contributed by atoms with Crippen molar-refractivity contribution >= 4 is 28.5 Å². The second-order valence-corrected chi connectivity index (χ2v) is 7.07. The van der Waals surface area contributed by atoms with Gasteiger partial charge in [-0.2, -0.15) is 9.50 Å². The molecule has 1 fully saturated rings. The maximum absolute atomic E-state index is 7.84. The molecule has 0 aliphatic carbocycles. The number of imidazole rings is 1. The van der Waals surface area contributed by atoms with Crippen molar-refractivity contribution in [1.82, 2.24) is 39.0 Å². The van der Waals surface area contributed by atoms with Gasteiger partial charge in [-0.25, -0.2) is 9.97 Å². The Hall–Kier alpha value is -3.66. The lowest BCUT2D eigenvalue weighted by Crippen LogP contribution is -2.37. The van der Waals surface area contributed by atoms with Gasteiger partial charge < -0.3 is 15.7 Å². The summed E-state index contributed by atoms with van der Waals surface area (Å²) in [5.74, 6) is 0.735. The van der Waals surface area contributed by atoms with Crippen LogP contribution in [0.5, 0.6) is 0 Å². The summed E-state index contributed by atoms with van der Waals surface area (Å²) in [6.45, 7) is 7.09. The third-order valence-electron chi connectivity index (χ3n) is 5.14. The van der Waals surface area contributed by atoms with E-state index in [1.807, 2.05) is 22.8 Å². The molecule has 0 aromatic carbocycles. The van der Waals surface area contributed by atoms with Crippen molar-refractivity contribution in [3.63, 3.8) is 0 Å². The monoisotopic (exact) mass is 388 g/mol. The molecule has 3 N–H and O–H groups in total. The van der Waals surface area contributed by atoms with Crippen LogP contribution < -0.4 is 5.73 Å². The van der Waals surface area contributed by atoms with Crippen LogP contribution in [0.1, 0.15) is 6.42 Å². The first-order valence-electron chi connectivity index (χ1n) is 9.36. The van der Waals surface area contributed by atoms with Crippen LogP contribution in [0.4, 0.5) is 5.95 Å². The molecule has 5 rings (SSSR count). The molecule has 4 aromatic rings. The molecule has 10 heteroatoms. The first-order valence-corrected chi connectivity index (χ1v) is 9.36. The van der Waals surface area contributed by atoms with Gasteiger partial charge in [-0.05, 0) is 17.7 Å². The van der Waals surface area contributed by atoms with Crippen molar-refractivity contribution in [3.05, 3.63) is 42.9 Å². The summed E-state index contributed by atoms with van der Waals surface area (Å²) in [5.41, 5.74) is 10.3. The molecule has 1 aliphatic heterocycles. The molecule has 4 aromatic heterocycles. The first-order chi connectivity index (χ1) is 14.1. The SMILES string of the molecule is C=C1CN(CCn2cnc3c2nc(N)n2nc(-c4ccccn4)nc32)CCC1=N. The lowest BCUT2D eigenvalue weighted by Gasteiger charge is -2.28. The van der Waals surface area contributed by atoms with E-state index in [9.17, 15) is 0 Å². The van der Waals surface area contributed by atoms with Gasteiger partial charge in [-0.3, -0.25) is 9.88 Å². The summed E-state index contributed by atoms with van der Waals surface area (Å²) < 4.78 is 3.48. The Morgan fingerprint density at radius 1 is 1.14 bits per heavy atom. The van der Waals surface area contributed by atoms with E-state index in [0.717, 1.165) is 31.6 Å². The molecule has 0 saturated carbocycles. The number of hydrogen-bond acceptors (Lipinski definition) is 8. The highest BCUT2D eigenvalue weighted by molar-refractivity contribution is 5.98. The van der Waals surface area contributed by atoms with Crippen LogP contribution in [0.15, 0.2) is 42.9 Å². The number of pyridine rings is 1. The van der Waals surface area contributed by atoms with Gasteiger partial charge in [-0.15, -0.1) is 5.10 Å². The molecule has 0 unspecified atom stereocenters. The molecule has 10 nitrogen and oxygen atoms in total. The molecule has 0 atom stereocenters. The molecule has 1 saturated heterocycles. The van der Waals surface area contributed by atoms with Gasteiger partial charge in [0.1, 0.15) is 5.69 Å². The Morgan fingerprint density at radius 3 is 2.83 bits per heavy atom. The summed E-state index contributed by atoms with van der Waals surface area (Å²) in [6.07, 6.45) is 4.20. The Kier molecular flexibility index (Phi) is 4.06.